The molecule has 0 fully saturated rings. The predicted octanol–water partition coefficient (Wildman–Crippen LogP) is 15.5. The van der Waals surface area contributed by atoms with Crippen LogP contribution >= 0.6 is 0 Å². The normalized spacial score (nSPS) is 12.7. The molecule has 0 saturated carbocycles. The van der Waals surface area contributed by atoms with Crippen LogP contribution in [0.3, 0.4) is 0 Å². The maximum absolute atomic E-state index is 12.7. The third kappa shape index (κ3) is 44.0. The van der Waals surface area contributed by atoms with Crippen LogP contribution in [-0.2, 0) is 28.6 Å². The van der Waals surface area contributed by atoms with Crippen LogP contribution in [0.4, 0.5) is 0 Å². The van der Waals surface area contributed by atoms with Crippen LogP contribution < -0.4 is 0 Å². The Morgan fingerprint density at radius 3 is 1.12 bits per heavy atom. The third-order valence-electron chi connectivity index (χ3n) is 9.95. The molecule has 0 bridgehead atoms. The summed E-state index contributed by atoms with van der Waals surface area (Å²) in [7, 11) is 0. The Labute approximate surface area is 357 Å². The molecule has 0 spiro atoms. The summed E-state index contributed by atoms with van der Waals surface area (Å²) in [5, 5.41) is 0. The van der Waals surface area contributed by atoms with Crippen molar-refractivity contribution in [3.8, 4) is 0 Å². The zero-order valence-electron chi connectivity index (χ0n) is 37.8. The molecule has 6 heteroatoms. The number of allylic oxidation sites excluding steroid dienone is 12. The Morgan fingerprint density at radius 1 is 0.362 bits per heavy atom. The van der Waals surface area contributed by atoms with Gasteiger partial charge >= 0.3 is 17.9 Å². The maximum atomic E-state index is 12.7. The fourth-order valence-corrected chi connectivity index (χ4v) is 6.35. The number of carbonyl (C=O) groups is 3. The number of carbonyl (C=O) groups excluding carboxylic acids is 3. The van der Waals surface area contributed by atoms with E-state index in [2.05, 4.69) is 93.7 Å². The molecule has 0 N–H and O–H groups in total. The van der Waals surface area contributed by atoms with Crippen molar-refractivity contribution in [2.45, 2.75) is 226 Å². The minimum atomic E-state index is -0.803. The summed E-state index contributed by atoms with van der Waals surface area (Å²) in [6, 6.07) is 0. The van der Waals surface area contributed by atoms with Crippen molar-refractivity contribution in [1.29, 1.82) is 0 Å². The lowest BCUT2D eigenvalue weighted by Gasteiger charge is -2.18. The molecule has 1 unspecified atom stereocenters. The molecule has 0 radical (unpaired) electrons. The highest BCUT2D eigenvalue weighted by Gasteiger charge is 2.19. The fraction of sp³-hybridized carbons (Fsp3) is 0.712. The Hall–Kier alpha value is -3.15. The molecule has 58 heavy (non-hydrogen) atoms. The summed E-state index contributed by atoms with van der Waals surface area (Å²) in [5.74, 6) is -0.983. The molecular formula is C52H88O6. The van der Waals surface area contributed by atoms with Crippen LogP contribution in [0.1, 0.15) is 220 Å². The van der Waals surface area contributed by atoms with E-state index in [0.717, 1.165) is 89.9 Å². The molecule has 0 aromatic rings. The summed E-state index contributed by atoms with van der Waals surface area (Å²) in [6.07, 6.45) is 57.5. The molecule has 0 aliphatic carbocycles. The molecule has 0 aromatic carbocycles. The van der Waals surface area contributed by atoms with Gasteiger partial charge in [-0.2, -0.15) is 0 Å². The lowest BCUT2D eigenvalue weighted by Crippen LogP contribution is -2.30. The van der Waals surface area contributed by atoms with Crippen LogP contribution in [0.2, 0.25) is 0 Å². The van der Waals surface area contributed by atoms with Gasteiger partial charge in [0.25, 0.3) is 0 Å². The Bertz CT molecular complexity index is 1110. The quantitative estimate of drug-likeness (QED) is 0.0264. The minimum absolute atomic E-state index is 0.0998. The second-order valence-corrected chi connectivity index (χ2v) is 15.6. The van der Waals surface area contributed by atoms with Crippen LogP contribution in [0.25, 0.3) is 0 Å². The standard InChI is InChI=1S/C52H88O6/c1-4-7-10-13-16-19-21-23-25-26-27-29-30-33-36-39-42-45-51(54)57-48-49(47-56-50(53)44-41-38-35-32-18-15-12-9-6-3)58-52(55)46-43-40-37-34-31-28-24-22-20-17-14-11-8-5-2/h8,11,17,20,23-25,27-29,33,36,49H,4-7,9-10,12-16,18-19,21-22,26,30-32,34-35,37-48H2,1-3H3/b11-8-,20-17-,25-23-,28-24-,29-27-,36-33-. The first-order valence-corrected chi connectivity index (χ1v) is 23.9. The number of hydrogen-bond donors (Lipinski definition) is 0. The van der Waals surface area contributed by atoms with E-state index in [1.54, 1.807) is 0 Å². The number of rotatable bonds is 42. The molecule has 332 valence electrons. The van der Waals surface area contributed by atoms with Gasteiger partial charge in [-0.25, -0.2) is 0 Å². The van der Waals surface area contributed by atoms with E-state index < -0.39 is 6.10 Å². The van der Waals surface area contributed by atoms with E-state index in [4.69, 9.17) is 14.2 Å². The van der Waals surface area contributed by atoms with Gasteiger partial charge in [-0.05, 0) is 83.5 Å². The van der Waals surface area contributed by atoms with Crippen molar-refractivity contribution in [3.63, 3.8) is 0 Å². The lowest BCUT2D eigenvalue weighted by molar-refractivity contribution is -0.167. The highest BCUT2D eigenvalue weighted by Crippen LogP contribution is 2.13. The highest BCUT2D eigenvalue weighted by atomic mass is 16.6. The van der Waals surface area contributed by atoms with E-state index in [1.165, 1.54) is 83.5 Å². The van der Waals surface area contributed by atoms with Gasteiger partial charge < -0.3 is 14.2 Å². The maximum Gasteiger partial charge on any atom is 0.306 e. The van der Waals surface area contributed by atoms with Gasteiger partial charge in [0.2, 0.25) is 0 Å². The molecule has 0 amide bonds. The molecule has 0 aromatic heterocycles. The van der Waals surface area contributed by atoms with Gasteiger partial charge in [0.1, 0.15) is 13.2 Å². The van der Waals surface area contributed by atoms with Crippen LogP contribution in [0.15, 0.2) is 72.9 Å². The van der Waals surface area contributed by atoms with Crippen molar-refractivity contribution in [1.82, 2.24) is 0 Å². The van der Waals surface area contributed by atoms with Gasteiger partial charge in [0.05, 0.1) is 0 Å². The largest absolute Gasteiger partial charge is 0.462 e. The summed E-state index contributed by atoms with van der Waals surface area (Å²) in [4.78, 5) is 37.7. The molecule has 0 rings (SSSR count). The van der Waals surface area contributed by atoms with Crippen LogP contribution in [0.5, 0.6) is 0 Å². The first-order chi connectivity index (χ1) is 28.5. The number of hydrogen-bond acceptors (Lipinski definition) is 6. The molecule has 1 atom stereocenters. The first kappa shape index (κ1) is 54.9. The van der Waals surface area contributed by atoms with Crippen LogP contribution in [0, 0.1) is 0 Å². The molecule has 0 saturated heterocycles. The summed E-state index contributed by atoms with van der Waals surface area (Å²) in [6.45, 7) is 6.42. The second-order valence-electron chi connectivity index (χ2n) is 15.6. The highest BCUT2D eigenvalue weighted by molar-refractivity contribution is 5.71. The molecule has 6 nitrogen and oxygen atoms in total. The Morgan fingerprint density at radius 2 is 0.690 bits per heavy atom. The van der Waals surface area contributed by atoms with Crippen molar-refractivity contribution >= 4 is 17.9 Å². The Balaban J connectivity index is 4.46. The molecule has 0 aliphatic rings. The van der Waals surface area contributed by atoms with Crippen molar-refractivity contribution in [2.24, 2.45) is 0 Å². The van der Waals surface area contributed by atoms with E-state index >= 15 is 0 Å². The van der Waals surface area contributed by atoms with Gasteiger partial charge in [-0.3, -0.25) is 14.4 Å². The van der Waals surface area contributed by atoms with Crippen molar-refractivity contribution in [2.75, 3.05) is 13.2 Å². The van der Waals surface area contributed by atoms with Crippen molar-refractivity contribution in [3.05, 3.63) is 72.9 Å². The van der Waals surface area contributed by atoms with Crippen LogP contribution in [-0.4, -0.2) is 37.2 Å². The topological polar surface area (TPSA) is 78.9 Å². The zero-order valence-corrected chi connectivity index (χ0v) is 37.8. The summed E-state index contributed by atoms with van der Waals surface area (Å²) >= 11 is 0. The summed E-state index contributed by atoms with van der Waals surface area (Å²) in [5.41, 5.74) is 0. The Kier molecular flexibility index (Phi) is 44.0. The van der Waals surface area contributed by atoms with Gasteiger partial charge in [-0.1, -0.05) is 190 Å². The SMILES string of the molecule is CC/C=C\C/C=C\C/C=C\CCCCCCC(=O)OC(COC(=O)CCC/C=C\C/C=C\C/C=C\CCCCCCCC)COC(=O)CCCCCCCCCCC. The first-order valence-electron chi connectivity index (χ1n) is 23.9. The number of ether oxygens (including phenoxy) is 3. The minimum Gasteiger partial charge on any atom is -0.462 e. The second kappa shape index (κ2) is 46.5. The summed E-state index contributed by atoms with van der Waals surface area (Å²) < 4.78 is 16.6. The van der Waals surface area contributed by atoms with E-state index in [1.807, 2.05) is 0 Å². The average molecular weight is 809 g/mol. The number of esters is 3. The molecule has 0 aliphatic heterocycles. The van der Waals surface area contributed by atoms with E-state index in [0.29, 0.717) is 19.3 Å². The molecular weight excluding hydrogens is 721 g/mol. The predicted molar refractivity (Wildman–Crippen MR) is 247 cm³/mol. The van der Waals surface area contributed by atoms with Gasteiger partial charge in [-0.15, -0.1) is 0 Å². The lowest BCUT2D eigenvalue weighted by atomic mass is 10.1. The third-order valence-corrected chi connectivity index (χ3v) is 9.95. The fourth-order valence-electron chi connectivity index (χ4n) is 6.35. The van der Waals surface area contributed by atoms with E-state index in [9.17, 15) is 14.4 Å². The zero-order chi connectivity index (χ0) is 42.3. The van der Waals surface area contributed by atoms with E-state index in [-0.39, 0.29) is 37.5 Å². The smallest absolute Gasteiger partial charge is 0.306 e. The van der Waals surface area contributed by atoms with Gasteiger partial charge in [0, 0.05) is 19.3 Å². The van der Waals surface area contributed by atoms with Crippen molar-refractivity contribution < 1.29 is 28.6 Å². The van der Waals surface area contributed by atoms with Gasteiger partial charge in [0.15, 0.2) is 6.10 Å². The molecule has 0 heterocycles. The average Bonchev–Trinajstić information content (AvgIpc) is 3.22. The monoisotopic (exact) mass is 809 g/mol. The number of unbranched alkanes of at least 4 members (excludes halogenated alkanes) is 19.